The van der Waals surface area contributed by atoms with E-state index in [0.717, 1.165) is 0 Å². The molecule has 0 atom stereocenters. The third kappa shape index (κ3) is 1.96. The van der Waals surface area contributed by atoms with E-state index in [-0.39, 0.29) is 22.9 Å². The lowest BCUT2D eigenvalue weighted by Crippen LogP contribution is -2.09. The van der Waals surface area contributed by atoms with Crippen LogP contribution in [-0.2, 0) is 0 Å². The Morgan fingerprint density at radius 3 is 2.40 bits per heavy atom. The number of hydrogen-bond acceptors (Lipinski definition) is 5. The normalized spacial score (nSPS) is 10.0. The molecule has 0 spiro atoms. The molecule has 0 heterocycles. The van der Waals surface area contributed by atoms with Crippen molar-refractivity contribution < 1.29 is 9.53 Å². The smallest absolute Gasteiger partial charge is 0.165 e. The van der Waals surface area contributed by atoms with Crippen LogP contribution >= 0.6 is 0 Å². The number of carbonyl (C=O) groups excluding carboxylic acids is 1. The van der Waals surface area contributed by atoms with Gasteiger partial charge in [0, 0.05) is 5.69 Å². The molecule has 0 unspecified atom stereocenters. The second-order valence-electron chi connectivity index (χ2n) is 3.16. The number of anilines is 3. The number of hydrogen-bond donors (Lipinski definition) is 3. The zero-order valence-corrected chi connectivity index (χ0v) is 8.83. The molecule has 0 aliphatic carbocycles. The zero-order valence-electron chi connectivity index (χ0n) is 8.83. The van der Waals surface area contributed by atoms with Crippen LogP contribution in [0.25, 0.3) is 0 Å². The summed E-state index contributed by atoms with van der Waals surface area (Å²) in [7, 11) is 0. The first-order valence-corrected chi connectivity index (χ1v) is 4.60. The van der Waals surface area contributed by atoms with Gasteiger partial charge in [0.05, 0.1) is 23.5 Å². The predicted octanol–water partition coefficient (Wildman–Crippen LogP) is 1.03. The summed E-state index contributed by atoms with van der Waals surface area (Å²) < 4.78 is 5.28. The van der Waals surface area contributed by atoms with Gasteiger partial charge in [0.1, 0.15) is 0 Å². The van der Waals surface area contributed by atoms with Crippen molar-refractivity contribution >= 4 is 22.8 Å². The average molecular weight is 209 g/mol. The molecule has 5 heteroatoms. The van der Waals surface area contributed by atoms with Gasteiger partial charge >= 0.3 is 0 Å². The van der Waals surface area contributed by atoms with Gasteiger partial charge in [0.2, 0.25) is 0 Å². The molecule has 0 aliphatic heterocycles. The van der Waals surface area contributed by atoms with Gasteiger partial charge in [-0.3, -0.25) is 4.79 Å². The summed E-state index contributed by atoms with van der Waals surface area (Å²) in [5.41, 5.74) is 18.2. The van der Waals surface area contributed by atoms with Crippen LogP contribution in [0.4, 0.5) is 17.1 Å². The number of ether oxygens (including phenoxy) is 1. The van der Waals surface area contributed by atoms with Crippen LogP contribution in [0.3, 0.4) is 0 Å². The maximum absolute atomic E-state index is 11.4. The van der Waals surface area contributed by atoms with Crippen LogP contribution in [0.2, 0.25) is 0 Å². The van der Waals surface area contributed by atoms with Crippen molar-refractivity contribution in [2.45, 2.75) is 13.8 Å². The highest BCUT2D eigenvalue weighted by atomic mass is 16.5. The van der Waals surface area contributed by atoms with E-state index in [1.165, 1.54) is 13.0 Å². The van der Waals surface area contributed by atoms with Gasteiger partial charge in [-0.1, -0.05) is 0 Å². The highest BCUT2D eigenvalue weighted by molar-refractivity contribution is 6.05. The lowest BCUT2D eigenvalue weighted by atomic mass is 10.1. The standard InChI is InChI=1S/C10H15N3O2/c1-3-15-10-8(5(2)14)6(11)4-7(12)9(10)13/h4H,3,11-13H2,1-2H3. The van der Waals surface area contributed by atoms with Gasteiger partial charge in [-0.15, -0.1) is 0 Å². The van der Waals surface area contributed by atoms with Gasteiger partial charge in [0.25, 0.3) is 0 Å². The summed E-state index contributed by atoms with van der Waals surface area (Å²) in [6.07, 6.45) is 0. The van der Waals surface area contributed by atoms with Crippen molar-refractivity contribution in [1.29, 1.82) is 0 Å². The van der Waals surface area contributed by atoms with Crippen LogP contribution in [0.5, 0.6) is 5.75 Å². The fourth-order valence-corrected chi connectivity index (χ4v) is 1.37. The van der Waals surface area contributed by atoms with Crippen LogP contribution in [0, 0.1) is 0 Å². The van der Waals surface area contributed by atoms with E-state index in [0.29, 0.717) is 17.9 Å². The Balaban J connectivity index is 3.46. The molecular formula is C10H15N3O2. The number of ketones is 1. The van der Waals surface area contributed by atoms with Crippen molar-refractivity contribution in [3.8, 4) is 5.75 Å². The average Bonchev–Trinajstić information content (AvgIpc) is 2.13. The fourth-order valence-electron chi connectivity index (χ4n) is 1.37. The molecule has 0 fully saturated rings. The highest BCUT2D eigenvalue weighted by Crippen LogP contribution is 2.36. The number of benzene rings is 1. The number of nitrogen functional groups attached to an aromatic ring is 3. The lowest BCUT2D eigenvalue weighted by molar-refractivity contribution is 0.101. The molecule has 6 N–H and O–H groups in total. The second kappa shape index (κ2) is 4.08. The summed E-state index contributed by atoms with van der Waals surface area (Å²) in [6.45, 7) is 3.60. The molecule has 0 saturated heterocycles. The summed E-state index contributed by atoms with van der Waals surface area (Å²) in [5, 5.41) is 0. The second-order valence-corrected chi connectivity index (χ2v) is 3.16. The SMILES string of the molecule is CCOc1c(N)c(N)cc(N)c1C(C)=O. The van der Waals surface area contributed by atoms with Crippen molar-refractivity contribution in [3.05, 3.63) is 11.6 Å². The number of nitrogens with two attached hydrogens (primary N) is 3. The zero-order chi connectivity index (χ0) is 11.6. The number of carbonyl (C=O) groups is 1. The largest absolute Gasteiger partial charge is 0.491 e. The number of Topliss-reactive ketones (excluding diaryl/α,β-unsaturated/α-hetero) is 1. The summed E-state index contributed by atoms with van der Waals surface area (Å²) in [5.74, 6) is 0.0881. The minimum absolute atomic E-state index is 0.192. The van der Waals surface area contributed by atoms with E-state index >= 15 is 0 Å². The maximum atomic E-state index is 11.4. The van der Waals surface area contributed by atoms with Gasteiger partial charge in [-0.25, -0.2) is 0 Å². The van der Waals surface area contributed by atoms with E-state index in [2.05, 4.69) is 0 Å². The van der Waals surface area contributed by atoms with Crippen LogP contribution in [0.1, 0.15) is 24.2 Å². The molecule has 0 aliphatic rings. The first kappa shape index (κ1) is 11.2. The first-order valence-electron chi connectivity index (χ1n) is 4.60. The van der Waals surface area contributed by atoms with E-state index in [1.807, 2.05) is 0 Å². The molecule has 5 nitrogen and oxygen atoms in total. The van der Waals surface area contributed by atoms with Crippen molar-refractivity contribution in [2.24, 2.45) is 0 Å². The molecule has 1 rings (SSSR count). The summed E-state index contributed by atoms with van der Waals surface area (Å²) in [6, 6.07) is 1.47. The van der Waals surface area contributed by atoms with Crippen molar-refractivity contribution in [1.82, 2.24) is 0 Å². The number of rotatable bonds is 3. The van der Waals surface area contributed by atoms with E-state index < -0.39 is 0 Å². The molecule has 0 saturated carbocycles. The molecule has 0 amide bonds. The molecular weight excluding hydrogens is 194 g/mol. The highest BCUT2D eigenvalue weighted by Gasteiger charge is 2.17. The Kier molecular flexibility index (Phi) is 3.04. The fraction of sp³-hybridized carbons (Fsp3) is 0.300. The predicted molar refractivity (Wildman–Crippen MR) is 60.9 cm³/mol. The topological polar surface area (TPSA) is 104 Å². The van der Waals surface area contributed by atoms with Gasteiger partial charge in [-0.2, -0.15) is 0 Å². The third-order valence-corrected chi connectivity index (χ3v) is 2.02. The van der Waals surface area contributed by atoms with Gasteiger partial charge in [0.15, 0.2) is 11.5 Å². The van der Waals surface area contributed by atoms with Gasteiger partial charge < -0.3 is 21.9 Å². The van der Waals surface area contributed by atoms with Gasteiger partial charge in [-0.05, 0) is 19.9 Å². The maximum Gasteiger partial charge on any atom is 0.165 e. The molecule has 0 aromatic heterocycles. The van der Waals surface area contributed by atoms with Crippen LogP contribution in [0.15, 0.2) is 6.07 Å². The van der Waals surface area contributed by atoms with Crippen molar-refractivity contribution in [2.75, 3.05) is 23.8 Å². The van der Waals surface area contributed by atoms with Crippen LogP contribution in [-0.4, -0.2) is 12.4 Å². The first-order chi connectivity index (χ1) is 6.99. The Bertz CT molecular complexity index is 402. The van der Waals surface area contributed by atoms with E-state index in [4.69, 9.17) is 21.9 Å². The Hall–Kier alpha value is -1.91. The molecule has 82 valence electrons. The lowest BCUT2D eigenvalue weighted by Gasteiger charge is -2.14. The van der Waals surface area contributed by atoms with Crippen molar-refractivity contribution in [3.63, 3.8) is 0 Å². The molecule has 1 aromatic carbocycles. The quantitative estimate of drug-likeness (QED) is 0.509. The minimum atomic E-state index is -0.192. The van der Waals surface area contributed by atoms with E-state index in [9.17, 15) is 4.79 Å². The van der Waals surface area contributed by atoms with Crippen LogP contribution < -0.4 is 21.9 Å². The minimum Gasteiger partial charge on any atom is -0.491 e. The monoisotopic (exact) mass is 209 g/mol. The molecule has 0 radical (unpaired) electrons. The molecule has 0 bridgehead atoms. The Morgan fingerprint density at radius 1 is 1.33 bits per heavy atom. The molecule has 15 heavy (non-hydrogen) atoms. The van der Waals surface area contributed by atoms with E-state index in [1.54, 1.807) is 6.92 Å². The Morgan fingerprint density at radius 2 is 1.93 bits per heavy atom. The summed E-state index contributed by atoms with van der Waals surface area (Å²) in [4.78, 5) is 11.4. The Labute approximate surface area is 88.2 Å². The third-order valence-electron chi connectivity index (χ3n) is 2.02. The molecule has 1 aromatic rings. The summed E-state index contributed by atoms with van der Waals surface area (Å²) >= 11 is 0.